The molecule has 4 fully saturated rings. The van der Waals surface area contributed by atoms with Crippen LogP contribution in [0.15, 0.2) is 16.8 Å². The fraction of sp³-hybridized carbons (Fsp3) is 0.792. The molecule has 6 N–H and O–H groups in total. The number of hydrogen-bond donors (Lipinski definition) is 5. The van der Waals surface area contributed by atoms with Gasteiger partial charge < -0.3 is 25.8 Å². The van der Waals surface area contributed by atoms with Gasteiger partial charge in [0.05, 0.1) is 17.3 Å². The topological polar surface area (TPSA) is 137 Å². The average molecular weight is 478 g/mol. The number of cyclic esters (lactones) is 1. The maximum atomic E-state index is 12.3. The molecule has 0 radical (unpaired) electrons. The summed E-state index contributed by atoms with van der Waals surface area (Å²) in [7, 11) is 0. The number of nitrogens with zero attached hydrogens (tertiary/aromatic N) is 1. The fourth-order valence-electron chi connectivity index (χ4n) is 8.57. The Morgan fingerprint density at radius 3 is 2.67 bits per heavy atom. The second-order valence-electron chi connectivity index (χ2n) is 11.3. The molecule has 0 spiro atoms. The second-order valence-corrected chi connectivity index (χ2v) is 11.7. The van der Waals surface area contributed by atoms with Crippen LogP contribution in [0.1, 0.15) is 64.7 Å². The van der Waals surface area contributed by atoms with E-state index in [4.69, 9.17) is 22.7 Å². The lowest BCUT2D eigenvalue weighted by molar-refractivity contribution is -0.237. The zero-order valence-corrected chi connectivity index (χ0v) is 19.9. The molecule has 9 heteroatoms. The van der Waals surface area contributed by atoms with Crippen LogP contribution in [0.3, 0.4) is 0 Å². The van der Waals surface area contributed by atoms with Crippen molar-refractivity contribution in [1.29, 1.82) is 0 Å². The summed E-state index contributed by atoms with van der Waals surface area (Å²) < 4.78 is 5.20. The molecule has 1 heterocycles. The third-order valence-electron chi connectivity index (χ3n) is 10.1. The van der Waals surface area contributed by atoms with Crippen LogP contribution in [0.25, 0.3) is 0 Å². The van der Waals surface area contributed by atoms with Gasteiger partial charge in [0, 0.05) is 29.5 Å². The molecule has 0 amide bonds. The fourth-order valence-corrected chi connectivity index (χ4v) is 8.62. The second kappa shape index (κ2) is 7.73. The summed E-state index contributed by atoms with van der Waals surface area (Å²) >= 11 is 4.91. The average Bonchev–Trinajstić information content (AvgIpc) is 3.28. The summed E-state index contributed by atoms with van der Waals surface area (Å²) in [6, 6.07) is 0. The Hall–Kier alpha value is -1.55. The van der Waals surface area contributed by atoms with E-state index in [-0.39, 0.29) is 34.3 Å². The van der Waals surface area contributed by atoms with E-state index in [1.165, 1.54) is 0 Å². The van der Waals surface area contributed by atoms with Crippen LogP contribution in [-0.4, -0.2) is 56.5 Å². The van der Waals surface area contributed by atoms with E-state index in [2.05, 4.69) is 17.5 Å². The van der Waals surface area contributed by atoms with Crippen LogP contribution in [0.5, 0.6) is 0 Å². The summed E-state index contributed by atoms with van der Waals surface area (Å²) in [6.07, 6.45) is 8.63. The molecule has 0 saturated heterocycles. The molecule has 33 heavy (non-hydrogen) atoms. The molecule has 0 aromatic heterocycles. The van der Waals surface area contributed by atoms with Crippen LogP contribution in [-0.2, 0) is 9.53 Å². The number of rotatable bonds is 3. The standard InChI is InChI=1S/C24H35N3O5S/c1-21-6-3-17-18(24(21,31)9-5-16(21)14-10-19(29)32-12-14)4-8-23(30)11-15(28)2-7-22(17,23)13-26-27-20(25)33/h10,13,15-18,28,30-31H,2-9,11-12H2,1H3,(H3,25,27,33)/b26-13-/t15-,16+,17-,18+,21+,22-,23-,24-/m0/s1. The van der Waals surface area contributed by atoms with Gasteiger partial charge in [0.25, 0.3) is 0 Å². The van der Waals surface area contributed by atoms with Crippen molar-refractivity contribution in [1.82, 2.24) is 5.43 Å². The van der Waals surface area contributed by atoms with Crippen molar-refractivity contribution in [2.24, 2.45) is 39.4 Å². The minimum absolute atomic E-state index is 0.00771. The predicted molar refractivity (Wildman–Crippen MR) is 126 cm³/mol. The highest BCUT2D eigenvalue weighted by Crippen LogP contribution is 2.70. The van der Waals surface area contributed by atoms with E-state index >= 15 is 0 Å². The van der Waals surface area contributed by atoms with Gasteiger partial charge in [-0.05, 0) is 86.9 Å². The summed E-state index contributed by atoms with van der Waals surface area (Å²) in [5.74, 6) is -0.161. The van der Waals surface area contributed by atoms with Crippen molar-refractivity contribution in [3.05, 3.63) is 11.6 Å². The predicted octanol–water partition coefficient (Wildman–Crippen LogP) is 1.52. The van der Waals surface area contributed by atoms with Gasteiger partial charge in [-0.2, -0.15) is 5.10 Å². The van der Waals surface area contributed by atoms with Crippen LogP contribution in [0.4, 0.5) is 0 Å². The molecule has 4 saturated carbocycles. The molecule has 4 aliphatic carbocycles. The number of aliphatic hydroxyl groups is 3. The van der Waals surface area contributed by atoms with Crippen molar-refractivity contribution in [3.63, 3.8) is 0 Å². The molecular formula is C24H35N3O5S. The molecule has 1 aliphatic heterocycles. The first-order chi connectivity index (χ1) is 15.5. The number of carbonyl (C=O) groups is 1. The van der Waals surface area contributed by atoms with Crippen LogP contribution in [0, 0.1) is 28.6 Å². The maximum absolute atomic E-state index is 12.3. The Bertz CT molecular complexity index is 926. The molecular weight excluding hydrogens is 442 g/mol. The van der Waals surface area contributed by atoms with Crippen LogP contribution >= 0.6 is 12.2 Å². The number of ether oxygens (including phenoxy) is 1. The molecule has 8 nitrogen and oxygen atoms in total. The van der Waals surface area contributed by atoms with Gasteiger partial charge in [-0.25, -0.2) is 4.79 Å². The number of fused-ring (bicyclic) bond motifs is 5. The highest BCUT2D eigenvalue weighted by atomic mass is 32.1. The van der Waals surface area contributed by atoms with Gasteiger partial charge in [-0.15, -0.1) is 0 Å². The van der Waals surface area contributed by atoms with Crippen molar-refractivity contribution < 1.29 is 24.9 Å². The summed E-state index contributed by atoms with van der Waals surface area (Å²) in [5, 5.41) is 39.0. The van der Waals surface area contributed by atoms with Gasteiger partial charge in [0.15, 0.2) is 5.11 Å². The van der Waals surface area contributed by atoms with Gasteiger partial charge in [0.1, 0.15) is 6.61 Å². The quantitative estimate of drug-likeness (QED) is 0.179. The van der Waals surface area contributed by atoms with E-state index in [0.717, 1.165) is 24.8 Å². The molecule has 8 atom stereocenters. The number of thiocarbonyl (C=S) groups is 1. The number of nitrogens with two attached hydrogens (primary N) is 1. The lowest BCUT2D eigenvalue weighted by Gasteiger charge is -2.65. The van der Waals surface area contributed by atoms with Crippen molar-refractivity contribution in [2.75, 3.05) is 6.61 Å². The summed E-state index contributed by atoms with van der Waals surface area (Å²) in [6.45, 7) is 2.49. The number of nitrogens with one attached hydrogen (secondary N) is 1. The summed E-state index contributed by atoms with van der Waals surface area (Å²) in [4.78, 5) is 11.7. The highest BCUT2D eigenvalue weighted by molar-refractivity contribution is 7.80. The number of aliphatic hydroxyl groups excluding tert-OH is 1. The molecule has 5 rings (SSSR count). The zero-order chi connectivity index (χ0) is 23.6. The Kier molecular flexibility index (Phi) is 5.44. The first-order valence-corrected chi connectivity index (χ1v) is 12.6. The Balaban J connectivity index is 1.52. The third-order valence-corrected chi connectivity index (χ3v) is 10.2. The van der Waals surface area contributed by atoms with E-state index < -0.39 is 22.7 Å². The summed E-state index contributed by atoms with van der Waals surface area (Å²) in [5.41, 5.74) is 6.20. The number of carbonyl (C=O) groups excluding carboxylic acids is 1. The van der Waals surface area contributed by atoms with Crippen LogP contribution in [0.2, 0.25) is 0 Å². The van der Waals surface area contributed by atoms with Gasteiger partial charge in [0.2, 0.25) is 0 Å². The van der Waals surface area contributed by atoms with Gasteiger partial charge in [-0.3, -0.25) is 5.43 Å². The van der Waals surface area contributed by atoms with E-state index in [1.54, 1.807) is 12.3 Å². The minimum atomic E-state index is -1.09. The maximum Gasteiger partial charge on any atom is 0.331 e. The van der Waals surface area contributed by atoms with E-state index in [1.807, 2.05) is 0 Å². The Morgan fingerprint density at radius 1 is 1.21 bits per heavy atom. The molecule has 0 aromatic carbocycles. The Morgan fingerprint density at radius 2 is 1.97 bits per heavy atom. The molecule has 182 valence electrons. The van der Waals surface area contributed by atoms with Crippen molar-refractivity contribution >= 4 is 29.5 Å². The van der Waals surface area contributed by atoms with Gasteiger partial charge >= 0.3 is 5.97 Å². The molecule has 5 aliphatic rings. The first kappa shape index (κ1) is 23.2. The number of hydrazone groups is 1. The lowest BCUT2D eigenvalue weighted by atomic mass is 9.41. The first-order valence-electron chi connectivity index (χ1n) is 12.1. The van der Waals surface area contributed by atoms with Crippen molar-refractivity contribution in [3.8, 4) is 0 Å². The molecule has 0 bridgehead atoms. The van der Waals surface area contributed by atoms with Crippen LogP contribution < -0.4 is 11.2 Å². The minimum Gasteiger partial charge on any atom is -0.458 e. The normalized spacial score (nSPS) is 49.1. The third kappa shape index (κ3) is 3.22. The smallest absolute Gasteiger partial charge is 0.331 e. The highest BCUT2D eigenvalue weighted by Gasteiger charge is 2.71. The SMILES string of the molecule is C[C@]12CC[C@H]3[C@@H](CC[C@]4(O)C[C@@H](O)CC[C@]34/C=N\NC(N)=S)[C@@]1(O)CC[C@@H]2C1=CC(=O)OC1. The van der Waals surface area contributed by atoms with E-state index in [0.29, 0.717) is 45.1 Å². The molecule has 0 unspecified atom stereocenters. The van der Waals surface area contributed by atoms with Crippen molar-refractivity contribution in [2.45, 2.75) is 82.0 Å². The lowest BCUT2D eigenvalue weighted by Crippen LogP contribution is -2.68. The Labute approximate surface area is 199 Å². The largest absolute Gasteiger partial charge is 0.458 e. The number of esters is 1. The monoisotopic (exact) mass is 477 g/mol. The number of hydrogen-bond acceptors (Lipinski definition) is 7. The zero-order valence-electron chi connectivity index (χ0n) is 19.1. The van der Waals surface area contributed by atoms with Gasteiger partial charge in [-0.1, -0.05) is 6.92 Å². The molecule has 0 aromatic rings. The van der Waals surface area contributed by atoms with E-state index in [9.17, 15) is 20.1 Å².